The molecule has 0 spiro atoms. The van der Waals surface area contributed by atoms with Crippen molar-refractivity contribution in [2.75, 3.05) is 6.79 Å². The summed E-state index contributed by atoms with van der Waals surface area (Å²) in [6, 6.07) is 17.9. The molecule has 1 aliphatic rings. The molecule has 0 saturated heterocycles. The van der Waals surface area contributed by atoms with Crippen LogP contribution in [-0.2, 0) is 0 Å². The van der Waals surface area contributed by atoms with E-state index in [1.54, 1.807) is 0 Å². The molecule has 0 unspecified atom stereocenters. The smallest absolute Gasteiger partial charge is 0.231 e. The van der Waals surface area contributed by atoms with Gasteiger partial charge in [0, 0.05) is 17.5 Å². The fourth-order valence-corrected chi connectivity index (χ4v) is 3.16. The Labute approximate surface area is 144 Å². The van der Waals surface area contributed by atoms with E-state index >= 15 is 0 Å². The molecule has 0 saturated carbocycles. The Balaban J connectivity index is 1.79. The van der Waals surface area contributed by atoms with E-state index in [0.29, 0.717) is 0 Å². The van der Waals surface area contributed by atoms with Crippen LogP contribution in [0.2, 0.25) is 0 Å². The number of aromatic nitrogens is 3. The van der Waals surface area contributed by atoms with Crippen molar-refractivity contribution in [1.29, 1.82) is 0 Å². The molecule has 4 heterocycles. The number of nitrogens with zero attached hydrogens (tertiary/aromatic N) is 3. The summed E-state index contributed by atoms with van der Waals surface area (Å²) >= 11 is 0. The fraction of sp³-hybridized carbons (Fsp3) is 0.100. The summed E-state index contributed by atoms with van der Waals surface area (Å²) in [6.07, 6.45) is 2.01. The van der Waals surface area contributed by atoms with E-state index in [1.807, 2.05) is 67.7 Å². The van der Waals surface area contributed by atoms with E-state index in [1.165, 1.54) is 0 Å². The van der Waals surface area contributed by atoms with Crippen LogP contribution in [0.1, 0.15) is 5.69 Å². The van der Waals surface area contributed by atoms with Crippen molar-refractivity contribution >= 4 is 5.65 Å². The summed E-state index contributed by atoms with van der Waals surface area (Å²) in [7, 11) is 0. The number of imidazole rings is 1. The van der Waals surface area contributed by atoms with Crippen LogP contribution in [-0.4, -0.2) is 21.2 Å². The van der Waals surface area contributed by atoms with Gasteiger partial charge in [0.1, 0.15) is 5.65 Å². The first-order chi connectivity index (χ1) is 12.3. The molecular weight excluding hydrogens is 314 g/mol. The molecule has 0 bridgehead atoms. The van der Waals surface area contributed by atoms with Gasteiger partial charge < -0.3 is 9.47 Å². The SMILES string of the molecule is Cc1cccc(-c2c(-c3ccc4c(c3)OCO4)nc3ccccn23)n1. The van der Waals surface area contributed by atoms with E-state index in [-0.39, 0.29) is 6.79 Å². The van der Waals surface area contributed by atoms with Crippen molar-refractivity contribution in [3.05, 3.63) is 66.5 Å². The van der Waals surface area contributed by atoms with Crippen LogP contribution in [0.15, 0.2) is 60.8 Å². The number of ether oxygens (including phenoxy) is 2. The second kappa shape index (κ2) is 5.34. The van der Waals surface area contributed by atoms with Gasteiger partial charge in [0.2, 0.25) is 6.79 Å². The molecule has 5 nitrogen and oxygen atoms in total. The Hall–Kier alpha value is -3.34. The highest BCUT2D eigenvalue weighted by Gasteiger charge is 2.20. The molecule has 1 aliphatic heterocycles. The zero-order valence-electron chi connectivity index (χ0n) is 13.6. The zero-order chi connectivity index (χ0) is 16.8. The number of hydrogen-bond donors (Lipinski definition) is 0. The van der Waals surface area contributed by atoms with Gasteiger partial charge in [0.25, 0.3) is 0 Å². The Kier molecular flexibility index (Phi) is 3.00. The van der Waals surface area contributed by atoms with Crippen LogP contribution in [0, 0.1) is 6.92 Å². The molecule has 0 N–H and O–H groups in total. The van der Waals surface area contributed by atoms with E-state index in [0.717, 1.165) is 45.5 Å². The molecule has 122 valence electrons. The highest BCUT2D eigenvalue weighted by atomic mass is 16.7. The minimum Gasteiger partial charge on any atom is -0.454 e. The minimum absolute atomic E-state index is 0.260. The Morgan fingerprint density at radius 2 is 1.84 bits per heavy atom. The highest BCUT2D eigenvalue weighted by Crippen LogP contribution is 2.38. The third kappa shape index (κ3) is 2.24. The average Bonchev–Trinajstić information content (AvgIpc) is 3.25. The maximum atomic E-state index is 5.53. The lowest BCUT2D eigenvalue weighted by Gasteiger charge is -2.06. The molecule has 1 aromatic carbocycles. The standard InChI is InChI=1S/C20H15N3O2/c1-13-5-4-6-15(21-13)20-19(22-18-7-2-3-10-23(18)20)14-8-9-16-17(11-14)25-12-24-16/h2-11H,12H2,1H3. The summed E-state index contributed by atoms with van der Waals surface area (Å²) in [6.45, 7) is 2.25. The summed E-state index contributed by atoms with van der Waals surface area (Å²) < 4.78 is 13.0. The lowest BCUT2D eigenvalue weighted by atomic mass is 10.1. The van der Waals surface area contributed by atoms with E-state index in [2.05, 4.69) is 4.40 Å². The van der Waals surface area contributed by atoms with Crippen LogP contribution in [0.4, 0.5) is 0 Å². The molecule has 25 heavy (non-hydrogen) atoms. The molecule has 0 atom stereocenters. The normalized spacial score (nSPS) is 12.7. The first kappa shape index (κ1) is 14.0. The molecule has 0 aliphatic carbocycles. The summed E-state index contributed by atoms with van der Waals surface area (Å²) in [5.74, 6) is 1.51. The van der Waals surface area contributed by atoms with Crippen LogP contribution in [0.25, 0.3) is 28.3 Å². The zero-order valence-corrected chi connectivity index (χ0v) is 13.6. The molecule has 0 fully saturated rings. The molecule has 3 aromatic heterocycles. The van der Waals surface area contributed by atoms with Gasteiger partial charge >= 0.3 is 0 Å². The number of hydrogen-bond acceptors (Lipinski definition) is 4. The molecule has 5 heteroatoms. The number of benzene rings is 1. The number of fused-ring (bicyclic) bond motifs is 2. The predicted molar refractivity (Wildman–Crippen MR) is 94.7 cm³/mol. The number of pyridine rings is 2. The van der Waals surface area contributed by atoms with E-state index < -0.39 is 0 Å². The number of aryl methyl sites for hydroxylation is 1. The predicted octanol–water partition coefficient (Wildman–Crippen LogP) is 4.10. The largest absolute Gasteiger partial charge is 0.454 e. The van der Waals surface area contributed by atoms with Crippen molar-refractivity contribution in [3.8, 4) is 34.1 Å². The number of rotatable bonds is 2. The van der Waals surface area contributed by atoms with Gasteiger partial charge in [-0.15, -0.1) is 0 Å². The molecule has 0 radical (unpaired) electrons. The lowest BCUT2D eigenvalue weighted by Crippen LogP contribution is -1.93. The summed E-state index contributed by atoms with van der Waals surface area (Å²) in [5.41, 5.74) is 5.58. The molecular formula is C20H15N3O2. The maximum Gasteiger partial charge on any atom is 0.231 e. The van der Waals surface area contributed by atoms with E-state index in [4.69, 9.17) is 19.4 Å². The van der Waals surface area contributed by atoms with Crippen molar-refractivity contribution in [3.63, 3.8) is 0 Å². The van der Waals surface area contributed by atoms with Gasteiger partial charge in [-0.3, -0.25) is 9.38 Å². The van der Waals surface area contributed by atoms with Gasteiger partial charge in [-0.1, -0.05) is 12.1 Å². The Bertz CT molecular complexity index is 1100. The van der Waals surface area contributed by atoms with Crippen LogP contribution in [0.5, 0.6) is 11.5 Å². The molecule has 5 rings (SSSR count). The van der Waals surface area contributed by atoms with Crippen molar-refractivity contribution < 1.29 is 9.47 Å². The maximum absolute atomic E-state index is 5.53. The fourth-order valence-electron chi connectivity index (χ4n) is 3.16. The van der Waals surface area contributed by atoms with Crippen LogP contribution < -0.4 is 9.47 Å². The lowest BCUT2D eigenvalue weighted by molar-refractivity contribution is 0.174. The Morgan fingerprint density at radius 3 is 2.76 bits per heavy atom. The third-order valence-corrected chi connectivity index (χ3v) is 4.31. The molecule has 4 aromatic rings. The van der Waals surface area contributed by atoms with Gasteiger partial charge in [0.05, 0.1) is 17.1 Å². The van der Waals surface area contributed by atoms with Crippen molar-refractivity contribution in [2.45, 2.75) is 6.92 Å². The van der Waals surface area contributed by atoms with Gasteiger partial charge in [-0.05, 0) is 49.4 Å². The van der Waals surface area contributed by atoms with Crippen molar-refractivity contribution in [1.82, 2.24) is 14.4 Å². The van der Waals surface area contributed by atoms with Gasteiger partial charge in [-0.25, -0.2) is 4.98 Å². The van der Waals surface area contributed by atoms with Gasteiger partial charge in [-0.2, -0.15) is 0 Å². The van der Waals surface area contributed by atoms with E-state index in [9.17, 15) is 0 Å². The second-order valence-electron chi connectivity index (χ2n) is 5.97. The third-order valence-electron chi connectivity index (χ3n) is 4.31. The van der Waals surface area contributed by atoms with Gasteiger partial charge in [0.15, 0.2) is 11.5 Å². The quantitative estimate of drug-likeness (QED) is 0.555. The second-order valence-corrected chi connectivity index (χ2v) is 5.97. The van der Waals surface area contributed by atoms with Crippen LogP contribution >= 0.6 is 0 Å². The van der Waals surface area contributed by atoms with Crippen LogP contribution in [0.3, 0.4) is 0 Å². The monoisotopic (exact) mass is 329 g/mol. The Morgan fingerprint density at radius 1 is 0.920 bits per heavy atom. The highest BCUT2D eigenvalue weighted by molar-refractivity contribution is 5.81. The first-order valence-electron chi connectivity index (χ1n) is 8.11. The summed E-state index contributed by atoms with van der Waals surface area (Å²) in [4.78, 5) is 9.55. The topological polar surface area (TPSA) is 48.7 Å². The molecule has 0 amide bonds. The summed E-state index contributed by atoms with van der Waals surface area (Å²) in [5, 5.41) is 0. The average molecular weight is 329 g/mol. The van der Waals surface area contributed by atoms with Crippen molar-refractivity contribution in [2.24, 2.45) is 0 Å². The minimum atomic E-state index is 0.260. The first-order valence-corrected chi connectivity index (χ1v) is 8.11.